The third kappa shape index (κ3) is 4.55. The minimum absolute atomic E-state index is 0.154. The molecule has 188 valence electrons. The number of aryl methyl sites for hydroxylation is 2. The number of H-pyrrole nitrogens is 1. The summed E-state index contributed by atoms with van der Waals surface area (Å²) in [5.41, 5.74) is 3.71. The number of tetrazole rings is 1. The zero-order chi connectivity index (χ0) is 26.3. The first-order valence-corrected chi connectivity index (χ1v) is 11.5. The molecule has 0 saturated heterocycles. The maximum atomic E-state index is 13.4. The first-order chi connectivity index (χ1) is 17.7. The van der Waals surface area contributed by atoms with Gasteiger partial charge in [-0.05, 0) is 68.8 Å². The average molecular weight is 504 g/mol. The zero-order valence-electron chi connectivity index (χ0n) is 20.5. The smallest absolute Gasteiger partial charge is 0.280 e. The van der Waals surface area contributed by atoms with Crippen LogP contribution in [0.5, 0.6) is 0 Å². The number of nitrogens with one attached hydrogen (secondary N) is 2. The fourth-order valence-electron chi connectivity index (χ4n) is 4.25. The number of pyridine rings is 2. The molecule has 0 radical (unpaired) electrons. The van der Waals surface area contributed by atoms with E-state index >= 15 is 0 Å². The quantitative estimate of drug-likeness (QED) is 0.313. The highest BCUT2D eigenvalue weighted by atomic mass is 19.3. The van der Waals surface area contributed by atoms with Gasteiger partial charge in [0.2, 0.25) is 5.82 Å². The number of hydrogen-bond acceptors (Lipinski definition) is 8. The first kappa shape index (κ1) is 24.2. The van der Waals surface area contributed by atoms with E-state index in [9.17, 15) is 13.6 Å². The van der Waals surface area contributed by atoms with Crippen molar-refractivity contribution in [2.75, 3.05) is 5.32 Å². The highest BCUT2D eigenvalue weighted by Gasteiger charge is 2.22. The molecule has 5 rings (SSSR count). The number of halogens is 2. The van der Waals surface area contributed by atoms with Crippen LogP contribution in [0.1, 0.15) is 47.5 Å². The first-order valence-electron chi connectivity index (χ1n) is 11.5. The second-order valence-electron chi connectivity index (χ2n) is 8.81. The molecular formula is C26H23F2N7O2. The molecule has 4 heterocycles. The summed E-state index contributed by atoms with van der Waals surface area (Å²) in [6.45, 7) is 7.28. The maximum Gasteiger partial charge on any atom is 0.280 e. The zero-order valence-corrected chi connectivity index (χ0v) is 20.5. The number of benzene rings is 1. The molecule has 2 N–H and O–H groups in total. The summed E-state index contributed by atoms with van der Waals surface area (Å²) in [4.78, 5) is 22.0. The Morgan fingerprint density at radius 1 is 1.05 bits per heavy atom. The second-order valence-corrected chi connectivity index (χ2v) is 8.81. The van der Waals surface area contributed by atoms with Crippen molar-refractivity contribution in [2.24, 2.45) is 0 Å². The van der Waals surface area contributed by atoms with Crippen molar-refractivity contribution in [2.45, 2.75) is 40.2 Å². The normalized spacial score (nSPS) is 12.3. The molecule has 0 amide bonds. The Balaban J connectivity index is 1.64. The molecule has 9 nitrogen and oxygen atoms in total. The van der Waals surface area contributed by atoms with Crippen LogP contribution in [0.2, 0.25) is 0 Å². The van der Waals surface area contributed by atoms with E-state index in [1.165, 1.54) is 12.1 Å². The molecule has 0 aliphatic heterocycles. The van der Waals surface area contributed by atoms with Crippen LogP contribution < -0.4 is 10.7 Å². The van der Waals surface area contributed by atoms with Crippen molar-refractivity contribution in [3.05, 3.63) is 80.8 Å². The van der Waals surface area contributed by atoms with Crippen LogP contribution >= 0.6 is 0 Å². The van der Waals surface area contributed by atoms with Gasteiger partial charge in [-0.25, -0.2) is 18.7 Å². The molecule has 5 aromatic rings. The number of rotatable bonds is 6. The van der Waals surface area contributed by atoms with Crippen molar-refractivity contribution in [3.8, 4) is 23.0 Å². The van der Waals surface area contributed by atoms with Crippen molar-refractivity contribution in [1.29, 1.82) is 0 Å². The lowest BCUT2D eigenvalue weighted by Crippen LogP contribution is -2.13. The summed E-state index contributed by atoms with van der Waals surface area (Å²) in [6.07, 6.45) is -2.74. The molecule has 1 aromatic carbocycles. The Kier molecular flexibility index (Phi) is 6.20. The van der Waals surface area contributed by atoms with Crippen molar-refractivity contribution >= 4 is 16.7 Å². The third-order valence-corrected chi connectivity index (χ3v) is 6.05. The monoisotopic (exact) mass is 503 g/mol. The average Bonchev–Trinajstić information content (AvgIpc) is 3.42. The highest BCUT2D eigenvalue weighted by Crippen LogP contribution is 2.33. The fourth-order valence-corrected chi connectivity index (χ4v) is 4.25. The lowest BCUT2D eigenvalue weighted by Gasteiger charge is -2.20. The van der Waals surface area contributed by atoms with Crippen LogP contribution in [0.3, 0.4) is 0 Å². The second kappa shape index (κ2) is 9.49. The van der Waals surface area contributed by atoms with Crippen LogP contribution in [0.4, 0.5) is 14.5 Å². The molecule has 0 spiro atoms. The van der Waals surface area contributed by atoms with Gasteiger partial charge in [-0.15, -0.1) is 10.2 Å². The summed E-state index contributed by atoms with van der Waals surface area (Å²) in [5.74, 6) is 0.490. The molecule has 37 heavy (non-hydrogen) atoms. The molecule has 0 aliphatic carbocycles. The Hall–Kier alpha value is -4.54. The van der Waals surface area contributed by atoms with Crippen LogP contribution in [-0.4, -0.2) is 30.6 Å². The minimum Gasteiger partial charge on any atom is -0.454 e. The molecular weight excluding hydrogens is 480 g/mol. The summed E-state index contributed by atoms with van der Waals surface area (Å²) in [5, 5.41) is 18.0. The topological polar surface area (TPSA) is 122 Å². The minimum atomic E-state index is -2.74. The molecule has 11 heteroatoms. The van der Waals surface area contributed by atoms with Crippen molar-refractivity contribution in [3.63, 3.8) is 0 Å². The highest BCUT2D eigenvalue weighted by molar-refractivity contribution is 5.84. The molecule has 1 atom stereocenters. The third-order valence-electron chi connectivity index (χ3n) is 6.05. The van der Waals surface area contributed by atoms with E-state index in [2.05, 4.69) is 35.9 Å². The van der Waals surface area contributed by atoms with Gasteiger partial charge in [-0.2, -0.15) is 5.21 Å². The van der Waals surface area contributed by atoms with E-state index in [1.54, 1.807) is 19.1 Å². The number of fused-ring (bicyclic) bond motifs is 1. The summed E-state index contributed by atoms with van der Waals surface area (Å²) < 4.78 is 32.8. The van der Waals surface area contributed by atoms with Gasteiger partial charge in [0.15, 0.2) is 11.2 Å². The van der Waals surface area contributed by atoms with E-state index in [1.807, 2.05) is 39.0 Å². The van der Waals surface area contributed by atoms with E-state index in [0.717, 1.165) is 11.3 Å². The van der Waals surface area contributed by atoms with E-state index < -0.39 is 6.43 Å². The Morgan fingerprint density at radius 2 is 1.86 bits per heavy atom. The van der Waals surface area contributed by atoms with Crippen LogP contribution in [0, 0.1) is 20.8 Å². The lowest BCUT2D eigenvalue weighted by molar-refractivity contribution is 0.146. The van der Waals surface area contributed by atoms with Gasteiger partial charge in [0.05, 0.1) is 17.1 Å². The van der Waals surface area contributed by atoms with Gasteiger partial charge in [-0.1, -0.05) is 12.1 Å². The Bertz CT molecular complexity index is 1670. The largest absolute Gasteiger partial charge is 0.454 e. The molecule has 0 fully saturated rings. The molecule has 0 aliphatic rings. The van der Waals surface area contributed by atoms with Gasteiger partial charge in [-0.3, -0.25) is 4.79 Å². The lowest BCUT2D eigenvalue weighted by atomic mass is 9.99. The number of nitrogens with zero attached hydrogens (tertiary/aromatic N) is 5. The number of aromatic nitrogens is 6. The number of aromatic amines is 1. The Labute approximate surface area is 210 Å². The summed E-state index contributed by atoms with van der Waals surface area (Å²) in [7, 11) is 0. The summed E-state index contributed by atoms with van der Waals surface area (Å²) >= 11 is 0. The maximum absolute atomic E-state index is 13.4. The number of alkyl halides is 2. The van der Waals surface area contributed by atoms with Gasteiger partial charge in [0.1, 0.15) is 22.7 Å². The molecule has 0 bridgehead atoms. The molecule has 4 aromatic heterocycles. The van der Waals surface area contributed by atoms with Crippen molar-refractivity contribution in [1.82, 2.24) is 30.6 Å². The number of anilines is 1. The summed E-state index contributed by atoms with van der Waals surface area (Å²) in [6, 6.07) is 11.3. The van der Waals surface area contributed by atoms with Gasteiger partial charge >= 0.3 is 0 Å². The van der Waals surface area contributed by atoms with Gasteiger partial charge in [0, 0.05) is 16.8 Å². The molecule has 1 unspecified atom stereocenters. The Morgan fingerprint density at radius 3 is 2.59 bits per heavy atom. The predicted octanol–water partition coefficient (Wildman–Crippen LogP) is 5.47. The standard InChI is InChI=1S/C26H23F2N7O2/c1-12-10-16(15(4)30-18-9-8-13(2)29-21(18)26-32-34-35-33-26)24-17(11-12)22(36)14(3)23(37-24)19-6-5-7-20(31-19)25(27)28/h5-11,15,25,30H,1-4H3,(H,32,33,34,35). The predicted molar refractivity (Wildman–Crippen MR) is 134 cm³/mol. The van der Waals surface area contributed by atoms with Crippen LogP contribution in [0.25, 0.3) is 33.9 Å². The van der Waals surface area contributed by atoms with Gasteiger partial charge < -0.3 is 9.73 Å². The van der Waals surface area contributed by atoms with Crippen LogP contribution in [-0.2, 0) is 0 Å². The van der Waals surface area contributed by atoms with E-state index in [0.29, 0.717) is 39.3 Å². The van der Waals surface area contributed by atoms with E-state index in [4.69, 9.17) is 4.42 Å². The SMILES string of the molecule is Cc1cc(C(C)Nc2ccc(C)nc2-c2nn[nH]n2)c2oc(-c3cccc(C(F)F)n3)c(C)c(=O)c2c1. The number of hydrogen-bond donors (Lipinski definition) is 2. The van der Waals surface area contributed by atoms with Crippen LogP contribution in [0.15, 0.2) is 51.7 Å². The molecule has 0 saturated carbocycles. The van der Waals surface area contributed by atoms with Crippen molar-refractivity contribution < 1.29 is 13.2 Å². The fraction of sp³-hybridized carbons (Fsp3) is 0.231. The van der Waals surface area contributed by atoms with E-state index in [-0.39, 0.29) is 28.6 Å². The van der Waals surface area contributed by atoms with Gasteiger partial charge in [0.25, 0.3) is 6.43 Å².